The molecule has 2 saturated heterocycles. The Morgan fingerprint density at radius 1 is 0.875 bits per heavy atom. The third-order valence-corrected chi connectivity index (χ3v) is 12.2. The van der Waals surface area contributed by atoms with Crippen LogP contribution in [0.1, 0.15) is 45.1 Å². The van der Waals surface area contributed by atoms with Gasteiger partial charge in [-0.05, 0) is 94.1 Å². The number of fused-ring (bicyclic) bond motifs is 2. The fraction of sp³-hybridized carbons (Fsp3) is 0.308. The summed E-state index contributed by atoms with van der Waals surface area (Å²) in [5, 5.41) is 11.0. The van der Waals surface area contributed by atoms with E-state index in [9.17, 15) is 14.7 Å². The number of aromatic carboxylic acids is 1. The number of thiophene rings is 2. The third-order valence-electron chi connectivity index (χ3n) is 10.1. The largest absolute Gasteiger partial charge is 0.477 e. The number of carbonyl (C=O) groups excluding carboxylic acids is 1. The van der Waals surface area contributed by atoms with Gasteiger partial charge in [0.15, 0.2) is 0 Å². The van der Waals surface area contributed by atoms with Gasteiger partial charge < -0.3 is 19.5 Å². The van der Waals surface area contributed by atoms with Crippen molar-refractivity contribution in [1.82, 2.24) is 19.4 Å². The fourth-order valence-electron chi connectivity index (χ4n) is 7.70. The minimum atomic E-state index is -0.956. The lowest BCUT2D eigenvalue weighted by molar-refractivity contribution is -0.133. The van der Waals surface area contributed by atoms with Crippen LogP contribution in [0.4, 0.5) is 0 Å². The number of hydrogen-bond donors (Lipinski definition) is 1. The summed E-state index contributed by atoms with van der Waals surface area (Å²) in [5.41, 5.74) is 7.67. The fourth-order valence-corrected chi connectivity index (χ4v) is 9.70. The Hall–Kier alpha value is -4.31. The maximum atomic E-state index is 14.1. The van der Waals surface area contributed by atoms with Crippen molar-refractivity contribution in [1.29, 1.82) is 0 Å². The molecular weight excluding hydrogens is 637 g/mol. The molecule has 6 heterocycles. The van der Waals surface area contributed by atoms with Gasteiger partial charge in [0.2, 0.25) is 5.91 Å². The minimum Gasteiger partial charge on any atom is -0.477 e. The lowest BCUT2D eigenvalue weighted by atomic mass is 9.99. The molecule has 0 bridgehead atoms. The summed E-state index contributed by atoms with van der Waals surface area (Å²) in [5.74, 6) is -0.883. The molecule has 2 aromatic carbocycles. The van der Waals surface area contributed by atoms with E-state index < -0.39 is 5.97 Å². The van der Waals surface area contributed by atoms with Crippen LogP contribution in [0.5, 0.6) is 0 Å². The molecule has 2 fully saturated rings. The van der Waals surface area contributed by atoms with Crippen LogP contribution in [-0.4, -0.2) is 68.6 Å². The second-order valence-corrected chi connectivity index (χ2v) is 15.6. The lowest BCUT2D eigenvalue weighted by Crippen LogP contribution is -2.46. The number of amides is 1. The summed E-state index contributed by atoms with van der Waals surface area (Å²) >= 11 is 3.06. The Morgan fingerprint density at radius 2 is 1.65 bits per heavy atom. The second kappa shape index (κ2) is 12.6. The van der Waals surface area contributed by atoms with Crippen molar-refractivity contribution in [2.45, 2.75) is 52.1 Å². The second-order valence-electron chi connectivity index (χ2n) is 13.1. The highest BCUT2D eigenvalue weighted by Crippen LogP contribution is 2.45. The van der Waals surface area contributed by atoms with Crippen molar-refractivity contribution in [3.63, 3.8) is 0 Å². The molecule has 1 amide bonds. The van der Waals surface area contributed by atoms with Crippen LogP contribution >= 0.6 is 22.7 Å². The number of aromatic nitrogens is 2. The summed E-state index contributed by atoms with van der Waals surface area (Å²) in [6, 6.07) is 25.2. The molecule has 0 radical (unpaired) electrons. The van der Waals surface area contributed by atoms with Crippen molar-refractivity contribution in [3.05, 3.63) is 87.4 Å². The van der Waals surface area contributed by atoms with E-state index in [-0.39, 0.29) is 17.3 Å². The van der Waals surface area contributed by atoms with Gasteiger partial charge in [0.05, 0.1) is 27.1 Å². The SMILES string of the molecule is Cc1cc(-c2ccc3cc(-c4c(-c5ccccc5)c5sc(C(=O)O)cc5n4CC(=O)N4CCC(N5CCCC5)CC4)ccc3n2)c(C)s1. The zero-order chi connectivity index (χ0) is 32.9. The van der Waals surface area contributed by atoms with Gasteiger partial charge in [0.25, 0.3) is 0 Å². The van der Waals surface area contributed by atoms with Crippen LogP contribution in [0.2, 0.25) is 0 Å². The molecule has 8 rings (SSSR count). The summed E-state index contributed by atoms with van der Waals surface area (Å²) in [6.45, 7) is 8.26. The third kappa shape index (κ3) is 5.63. The first kappa shape index (κ1) is 31.0. The molecule has 6 aromatic rings. The first-order chi connectivity index (χ1) is 23.3. The Kier molecular flexibility index (Phi) is 8.14. The molecule has 4 aromatic heterocycles. The molecule has 48 heavy (non-hydrogen) atoms. The summed E-state index contributed by atoms with van der Waals surface area (Å²) in [6.07, 6.45) is 4.55. The number of carboxylic acids is 1. The Balaban J connectivity index is 1.22. The first-order valence-electron chi connectivity index (χ1n) is 16.8. The van der Waals surface area contributed by atoms with Crippen LogP contribution in [0.15, 0.2) is 72.8 Å². The molecule has 0 atom stereocenters. The van der Waals surface area contributed by atoms with Crippen LogP contribution in [0.3, 0.4) is 0 Å². The van der Waals surface area contributed by atoms with Gasteiger partial charge in [-0.1, -0.05) is 42.5 Å². The highest BCUT2D eigenvalue weighted by molar-refractivity contribution is 7.21. The maximum absolute atomic E-state index is 14.1. The van der Waals surface area contributed by atoms with Crippen molar-refractivity contribution >= 4 is 55.7 Å². The van der Waals surface area contributed by atoms with Crippen molar-refractivity contribution in [3.8, 4) is 33.6 Å². The molecule has 9 heteroatoms. The van der Waals surface area contributed by atoms with E-state index >= 15 is 0 Å². The molecule has 0 saturated carbocycles. The molecule has 0 unspecified atom stereocenters. The normalized spacial score (nSPS) is 16.0. The molecule has 1 N–H and O–H groups in total. The molecule has 2 aliphatic heterocycles. The van der Waals surface area contributed by atoms with Gasteiger partial charge in [0, 0.05) is 45.4 Å². The standard InChI is InChI=1S/C39H38N4O3S2/c1-24-20-30(25(2)47-24)32-13-10-27-21-28(11-12-31(27)40-32)37-36(26-8-4-3-5-9-26)38-33(22-34(48-38)39(45)46)43(37)23-35(44)42-18-14-29(15-19-42)41-16-6-7-17-41/h3-5,8-13,20-22,29H,6-7,14-19,23H2,1-2H3,(H,45,46). The van der Waals surface area contributed by atoms with E-state index in [1.165, 1.54) is 52.6 Å². The van der Waals surface area contributed by atoms with Crippen LogP contribution in [-0.2, 0) is 11.3 Å². The Bertz CT molecular complexity index is 2170. The molecular formula is C39H38N4O3S2. The number of nitrogens with zero attached hydrogens (tertiary/aromatic N) is 4. The van der Waals surface area contributed by atoms with E-state index in [0.29, 0.717) is 6.04 Å². The number of rotatable bonds is 7. The number of likely N-dealkylation sites (tertiary alicyclic amines) is 2. The van der Waals surface area contributed by atoms with E-state index in [1.54, 1.807) is 17.4 Å². The van der Waals surface area contributed by atoms with Crippen molar-refractivity contribution < 1.29 is 14.7 Å². The summed E-state index contributed by atoms with van der Waals surface area (Å²) in [4.78, 5) is 38.7. The van der Waals surface area contributed by atoms with Gasteiger partial charge in [-0.3, -0.25) is 4.79 Å². The average molecular weight is 675 g/mol. The van der Waals surface area contributed by atoms with E-state index in [0.717, 1.165) is 75.1 Å². The highest BCUT2D eigenvalue weighted by Gasteiger charge is 2.30. The number of hydrogen-bond acceptors (Lipinski definition) is 6. The van der Waals surface area contributed by atoms with Gasteiger partial charge in [-0.15, -0.1) is 22.7 Å². The van der Waals surface area contributed by atoms with E-state index in [4.69, 9.17) is 4.98 Å². The number of aryl methyl sites for hydroxylation is 2. The molecule has 244 valence electrons. The number of carbonyl (C=O) groups is 2. The molecule has 7 nitrogen and oxygen atoms in total. The topological polar surface area (TPSA) is 78.7 Å². The Labute approximate surface area is 288 Å². The molecule has 2 aliphatic rings. The van der Waals surface area contributed by atoms with E-state index in [2.05, 4.69) is 71.8 Å². The average Bonchev–Trinajstić information content (AvgIpc) is 3.90. The summed E-state index contributed by atoms with van der Waals surface area (Å²) < 4.78 is 2.95. The molecule has 0 spiro atoms. The minimum absolute atomic E-state index is 0.0734. The predicted molar refractivity (Wildman–Crippen MR) is 196 cm³/mol. The number of pyridine rings is 1. The van der Waals surface area contributed by atoms with Crippen molar-refractivity contribution in [2.75, 3.05) is 26.2 Å². The zero-order valence-electron chi connectivity index (χ0n) is 27.2. The van der Waals surface area contributed by atoms with Crippen LogP contribution < -0.4 is 0 Å². The quantitative estimate of drug-likeness (QED) is 0.183. The smallest absolute Gasteiger partial charge is 0.345 e. The highest BCUT2D eigenvalue weighted by atomic mass is 32.1. The van der Waals surface area contributed by atoms with Crippen LogP contribution in [0, 0.1) is 13.8 Å². The van der Waals surface area contributed by atoms with Gasteiger partial charge in [-0.25, -0.2) is 9.78 Å². The number of benzene rings is 2. The lowest BCUT2D eigenvalue weighted by Gasteiger charge is -2.36. The van der Waals surface area contributed by atoms with Crippen LogP contribution in [0.25, 0.3) is 54.8 Å². The number of piperidine rings is 1. The Morgan fingerprint density at radius 3 is 2.35 bits per heavy atom. The predicted octanol–water partition coefficient (Wildman–Crippen LogP) is 8.72. The summed E-state index contributed by atoms with van der Waals surface area (Å²) in [7, 11) is 0. The van der Waals surface area contributed by atoms with Gasteiger partial charge in [0.1, 0.15) is 11.4 Å². The van der Waals surface area contributed by atoms with Crippen molar-refractivity contribution in [2.24, 2.45) is 0 Å². The monoisotopic (exact) mass is 674 g/mol. The zero-order valence-corrected chi connectivity index (χ0v) is 28.9. The van der Waals surface area contributed by atoms with Gasteiger partial charge >= 0.3 is 5.97 Å². The number of carboxylic acid groups (broad SMARTS) is 1. The molecule has 0 aliphatic carbocycles. The maximum Gasteiger partial charge on any atom is 0.345 e. The van der Waals surface area contributed by atoms with Gasteiger partial charge in [-0.2, -0.15) is 0 Å². The first-order valence-corrected chi connectivity index (χ1v) is 18.4. The van der Waals surface area contributed by atoms with E-state index in [1.807, 2.05) is 23.1 Å².